The van der Waals surface area contributed by atoms with Crippen LogP contribution in [-0.4, -0.2) is 36.0 Å². The van der Waals surface area contributed by atoms with Gasteiger partial charge in [-0.15, -0.1) is 0 Å². The Morgan fingerprint density at radius 2 is 0.750 bits per heavy atom. The molecule has 24 heavy (non-hydrogen) atoms. The van der Waals surface area contributed by atoms with Gasteiger partial charge in [0, 0.05) is 22.6 Å². The van der Waals surface area contributed by atoms with Gasteiger partial charge in [0.05, 0.1) is 14.3 Å². The van der Waals surface area contributed by atoms with Gasteiger partial charge >= 0.3 is 0 Å². The molecule has 0 bridgehead atoms. The van der Waals surface area contributed by atoms with Gasteiger partial charge < -0.3 is 9.13 Å². The molecule has 0 amide bonds. The fourth-order valence-corrected chi connectivity index (χ4v) is 9.80. The van der Waals surface area contributed by atoms with E-state index in [4.69, 9.17) is 0 Å². The molecule has 4 heteroatoms. The molecule has 0 saturated carbocycles. The maximum Gasteiger partial charge on any atom is 0.0905 e. The molecule has 146 valence electrons. The summed E-state index contributed by atoms with van der Waals surface area (Å²) in [5.41, 5.74) is 0.299. The van der Waals surface area contributed by atoms with Crippen molar-refractivity contribution in [3.8, 4) is 0 Å². The fourth-order valence-electron chi connectivity index (χ4n) is 3.92. The third-order valence-corrected chi connectivity index (χ3v) is 13.4. The number of rotatable bonds is 7. The third kappa shape index (κ3) is 7.37. The van der Waals surface area contributed by atoms with Crippen molar-refractivity contribution in [2.24, 2.45) is 10.8 Å². The largest absolute Gasteiger partial charge is 0.323 e. The minimum absolute atomic E-state index is 0.149. The Morgan fingerprint density at radius 1 is 0.542 bits per heavy atom. The summed E-state index contributed by atoms with van der Waals surface area (Å²) in [6.07, 6.45) is 3.04. The second-order valence-electron chi connectivity index (χ2n) is 11.7. The van der Waals surface area contributed by atoms with Crippen molar-refractivity contribution in [1.82, 2.24) is 0 Å². The lowest BCUT2D eigenvalue weighted by atomic mass is 9.86. The van der Waals surface area contributed by atoms with Crippen molar-refractivity contribution in [1.29, 1.82) is 0 Å². The van der Waals surface area contributed by atoms with Crippen molar-refractivity contribution in [2.75, 3.05) is 25.7 Å². The molecular weight excluding hydrogens is 334 g/mol. The predicted molar refractivity (Wildman–Crippen MR) is 113 cm³/mol. The van der Waals surface area contributed by atoms with Gasteiger partial charge in [-0.25, -0.2) is 0 Å². The molecule has 0 aromatic heterocycles. The number of hydrogen-bond acceptors (Lipinski definition) is 2. The Bertz CT molecular complexity index is 469. The first-order chi connectivity index (χ1) is 10.1. The summed E-state index contributed by atoms with van der Waals surface area (Å²) in [5.74, 6) is 0. The van der Waals surface area contributed by atoms with Crippen molar-refractivity contribution in [2.45, 2.75) is 92.4 Å². The van der Waals surface area contributed by atoms with Gasteiger partial charge in [0.2, 0.25) is 0 Å². The molecule has 0 aromatic rings. The van der Waals surface area contributed by atoms with Crippen molar-refractivity contribution >= 4 is 14.3 Å². The highest BCUT2D eigenvalue weighted by atomic mass is 31.2. The van der Waals surface area contributed by atoms with Gasteiger partial charge in [0.1, 0.15) is 0 Å². The Kier molecular flexibility index (Phi) is 7.37. The topological polar surface area (TPSA) is 34.1 Å². The minimum Gasteiger partial charge on any atom is -0.323 e. The standard InChI is InChI=1S/C20H44O2P2/c1-17(2,3)15-19(7,8)23(11,21)13-14-24(12,22)20(9,10)16-18(4,5)6/h13-16H2,1-12H3. The van der Waals surface area contributed by atoms with Gasteiger partial charge in [-0.3, -0.25) is 0 Å². The van der Waals surface area contributed by atoms with Crippen LogP contribution >= 0.6 is 14.3 Å². The predicted octanol–water partition coefficient (Wildman–Crippen LogP) is 7.40. The van der Waals surface area contributed by atoms with Crippen molar-refractivity contribution in [3.63, 3.8) is 0 Å². The summed E-state index contributed by atoms with van der Waals surface area (Å²) in [6, 6.07) is 0. The van der Waals surface area contributed by atoms with Crippen LogP contribution in [0.2, 0.25) is 0 Å². The summed E-state index contributed by atoms with van der Waals surface area (Å²) < 4.78 is 26.9. The van der Waals surface area contributed by atoms with Gasteiger partial charge in [-0.1, -0.05) is 69.2 Å². The Hall–Kier alpha value is 0.460. The lowest BCUT2D eigenvalue weighted by Gasteiger charge is -2.40. The maximum absolute atomic E-state index is 13.5. The minimum atomic E-state index is -2.38. The average Bonchev–Trinajstić information content (AvgIpc) is 2.19. The number of hydrogen-bond donors (Lipinski definition) is 0. The molecular formula is C20H44O2P2. The SMILES string of the molecule is CC(C)(C)CC(C)(C)P(C)(=O)CCP(C)(=O)C(C)(C)CC(C)(C)C. The van der Waals surface area contributed by atoms with Gasteiger partial charge in [-0.2, -0.15) is 0 Å². The van der Waals surface area contributed by atoms with E-state index in [0.29, 0.717) is 12.3 Å². The summed E-state index contributed by atoms with van der Waals surface area (Å²) >= 11 is 0. The zero-order chi connectivity index (χ0) is 19.8. The second kappa shape index (κ2) is 7.23. The Labute approximate surface area is 152 Å². The van der Waals surface area contributed by atoms with Crippen LogP contribution in [0, 0.1) is 10.8 Å². The van der Waals surface area contributed by atoms with Crippen molar-refractivity contribution < 1.29 is 9.13 Å². The van der Waals surface area contributed by atoms with Crippen LogP contribution < -0.4 is 0 Å². The van der Waals surface area contributed by atoms with Crippen LogP contribution in [0.4, 0.5) is 0 Å². The van der Waals surface area contributed by atoms with Gasteiger partial charge in [-0.05, 0) is 37.0 Å². The smallest absolute Gasteiger partial charge is 0.0905 e. The molecule has 0 rings (SSSR count). The molecule has 0 aliphatic carbocycles. The van der Waals surface area contributed by atoms with Crippen LogP contribution in [0.1, 0.15) is 82.1 Å². The lowest BCUT2D eigenvalue weighted by Crippen LogP contribution is -2.31. The fraction of sp³-hybridized carbons (Fsp3) is 1.00. The van der Waals surface area contributed by atoms with Crippen LogP contribution in [0.3, 0.4) is 0 Å². The van der Waals surface area contributed by atoms with E-state index in [1.165, 1.54) is 0 Å². The molecule has 2 atom stereocenters. The molecule has 0 aliphatic heterocycles. The molecule has 2 unspecified atom stereocenters. The highest BCUT2D eigenvalue weighted by Gasteiger charge is 2.43. The van der Waals surface area contributed by atoms with Gasteiger partial charge in [0.25, 0.3) is 0 Å². The van der Waals surface area contributed by atoms with Crippen LogP contribution in [0.5, 0.6) is 0 Å². The molecule has 0 radical (unpaired) electrons. The zero-order valence-electron chi connectivity index (χ0n) is 18.5. The van der Waals surface area contributed by atoms with Crippen LogP contribution in [0.15, 0.2) is 0 Å². The molecule has 0 spiro atoms. The van der Waals surface area contributed by atoms with Crippen LogP contribution in [-0.2, 0) is 9.13 Å². The summed E-state index contributed by atoms with van der Waals surface area (Å²) in [5, 5.41) is -0.418. The molecule has 0 fully saturated rings. The third-order valence-electron chi connectivity index (χ3n) is 5.44. The molecule has 0 saturated heterocycles. The van der Waals surface area contributed by atoms with Gasteiger partial charge in [0.15, 0.2) is 0 Å². The monoisotopic (exact) mass is 378 g/mol. The van der Waals surface area contributed by atoms with E-state index in [-0.39, 0.29) is 21.1 Å². The van der Waals surface area contributed by atoms with E-state index < -0.39 is 14.3 Å². The lowest BCUT2D eigenvalue weighted by molar-refractivity contribution is 0.327. The summed E-state index contributed by atoms with van der Waals surface area (Å²) in [7, 11) is -4.76. The van der Waals surface area contributed by atoms with Crippen LogP contribution in [0.25, 0.3) is 0 Å². The first kappa shape index (κ1) is 24.5. The highest BCUT2D eigenvalue weighted by molar-refractivity contribution is 7.68. The average molecular weight is 379 g/mol. The molecule has 2 nitrogen and oxygen atoms in total. The zero-order valence-corrected chi connectivity index (χ0v) is 20.3. The van der Waals surface area contributed by atoms with E-state index in [1.54, 1.807) is 0 Å². The molecule has 0 heterocycles. The Morgan fingerprint density at radius 3 is 0.917 bits per heavy atom. The van der Waals surface area contributed by atoms with E-state index in [2.05, 4.69) is 69.2 Å². The normalized spacial score (nSPS) is 19.7. The first-order valence-electron chi connectivity index (χ1n) is 9.25. The molecule has 0 aromatic carbocycles. The summed E-state index contributed by atoms with van der Waals surface area (Å²) in [6.45, 7) is 25.6. The van der Waals surface area contributed by atoms with Crippen molar-refractivity contribution in [3.05, 3.63) is 0 Å². The molecule has 0 N–H and O–H groups in total. The molecule has 0 aliphatic rings. The first-order valence-corrected chi connectivity index (χ1v) is 13.9. The quantitative estimate of drug-likeness (QED) is 0.432. The van der Waals surface area contributed by atoms with E-state index >= 15 is 0 Å². The maximum atomic E-state index is 13.5. The highest BCUT2D eigenvalue weighted by Crippen LogP contribution is 2.64. The van der Waals surface area contributed by atoms with E-state index in [1.807, 2.05) is 13.3 Å². The van der Waals surface area contributed by atoms with E-state index in [9.17, 15) is 9.13 Å². The van der Waals surface area contributed by atoms with E-state index in [0.717, 1.165) is 12.8 Å². The Balaban J connectivity index is 5.22. The second-order valence-corrected chi connectivity index (χ2v) is 19.5. The summed E-state index contributed by atoms with van der Waals surface area (Å²) in [4.78, 5) is 0.